The molecular formula is C30H42O2. The molecule has 0 N–H and O–H groups in total. The van der Waals surface area contributed by atoms with Gasteiger partial charge in [-0.05, 0) is 73.6 Å². The molecule has 0 aliphatic rings. The van der Waals surface area contributed by atoms with E-state index < -0.39 is 0 Å². The van der Waals surface area contributed by atoms with Crippen LogP contribution < -0.4 is 4.74 Å². The van der Waals surface area contributed by atoms with Gasteiger partial charge in [-0.3, -0.25) is 0 Å². The minimum atomic E-state index is -0.365. The van der Waals surface area contributed by atoms with Crippen molar-refractivity contribution >= 4 is 10.8 Å². The highest BCUT2D eigenvalue weighted by Gasteiger charge is 2.34. The van der Waals surface area contributed by atoms with Gasteiger partial charge in [0.05, 0.1) is 5.41 Å². The number of rotatable bonds is 9. The highest BCUT2D eigenvalue weighted by Crippen LogP contribution is 2.33. The van der Waals surface area contributed by atoms with Gasteiger partial charge in [-0.25, -0.2) is 0 Å². The fourth-order valence-electron chi connectivity index (χ4n) is 4.00. The Kier molecular flexibility index (Phi) is 10.3. The molecule has 0 spiro atoms. The van der Waals surface area contributed by atoms with Crippen LogP contribution in [0.4, 0.5) is 0 Å². The van der Waals surface area contributed by atoms with Crippen LogP contribution in [0.5, 0.6) is 5.75 Å². The largest absolute Gasteiger partial charge is 0.464 e. The molecule has 32 heavy (non-hydrogen) atoms. The summed E-state index contributed by atoms with van der Waals surface area (Å²) in [6, 6.07) is 23.6. The third kappa shape index (κ3) is 6.59. The van der Waals surface area contributed by atoms with Gasteiger partial charge >= 0.3 is 0 Å². The summed E-state index contributed by atoms with van der Waals surface area (Å²) in [5.74, 6) is 1.47. The molecule has 0 heterocycles. The lowest BCUT2D eigenvalue weighted by Crippen LogP contribution is -2.40. The van der Waals surface area contributed by atoms with E-state index in [4.69, 9.17) is 9.47 Å². The predicted octanol–water partition coefficient (Wildman–Crippen LogP) is 8.88. The fourth-order valence-corrected chi connectivity index (χ4v) is 4.00. The Morgan fingerprint density at radius 1 is 0.750 bits per heavy atom. The van der Waals surface area contributed by atoms with E-state index >= 15 is 0 Å². The molecule has 174 valence electrons. The molecular weight excluding hydrogens is 392 g/mol. The Hall–Kier alpha value is -2.32. The van der Waals surface area contributed by atoms with Gasteiger partial charge < -0.3 is 9.47 Å². The molecule has 1 atom stereocenters. The van der Waals surface area contributed by atoms with E-state index in [1.165, 1.54) is 41.2 Å². The van der Waals surface area contributed by atoms with Crippen LogP contribution in [0.3, 0.4) is 0 Å². The van der Waals surface area contributed by atoms with Gasteiger partial charge in [-0.1, -0.05) is 88.7 Å². The van der Waals surface area contributed by atoms with Gasteiger partial charge in [-0.2, -0.15) is 0 Å². The summed E-state index contributed by atoms with van der Waals surface area (Å²) in [5, 5.41) is 2.46. The van der Waals surface area contributed by atoms with E-state index in [1.54, 1.807) is 0 Å². The summed E-state index contributed by atoms with van der Waals surface area (Å²) in [4.78, 5) is 0. The first kappa shape index (κ1) is 25.9. The lowest BCUT2D eigenvalue weighted by atomic mass is 9.84. The molecule has 0 saturated carbocycles. The molecule has 0 aromatic heterocycles. The van der Waals surface area contributed by atoms with E-state index in [1.807, 2.05) is 13.0 Å². The van der Waals surface area contributed by atoms with Gasteiger partial charge in [-0.15, -0.1) is 0 Å². The van der Waals surface area contributed by atoms with Crippen molar-refractivity contribution in [3.8, 4) is 5.75 Å². The Bertz CT molecular complexity index is 926. The van der Waals surface area contributed by atoms with Crippen molar-refractivity contribution in [2.24, 2.45) is 0 Å². The normalized spacial score (nSPS) is 12.4. The maximum absolute atomic E-state index is 6.38. The molecule has 0 radical (unpaired) electrons. The standard InChI is InChI=1S/C27H34O2.C3H8/c1-6-20(7-2)21-14-15-23-19-25(17-16-22(23)18-21)29-26(28-8-3)27(4,5)24-12-10-9-11-13-24;1-3-2/h9-20,26H,6-8H2,1-5H3;3H2,1-2H3. The minimum Gasteiger partial charge on any atom is -0.464 e. The van der Waals surface area contributed by atoms with Crippen LogP contribution in [0.1, 0.15) is 84.8 Å². The summed E-state index contributed by atoms with van der Waals surface area (Å²) in [7, 11) is 0. The summed E-state index contributed by atoms with van der Waals surface area (Å²) >= 11 is 0. The molecule has 1 unspecified atom stereocenters. The molecule has 0 amide bonds. The maximum Gasteiger partial charge on any atom is 0.209 e. The highest BCUT2D eigenvalue weighted by molar-refractivity contribution is 5.84. The first-order valence-corrected chi connectivity index (χ1v) is 12.3. The molecule has 0 bridgehead atoms. The molecule has 0 aliphatic carbocycles. The van der Waals surface area contributed by atoms with Gasteiger partial charge in [0.2, 0.25) is 6.29 Å². The maximum atomic E-state index is 6.38. The van der Waals surface area contributed by atoms with Gasteiger partial charge in [0, 0.05) is 6.61 Å². The van der Waals surface area contributed by atoms with E-state index in [0.29, 0.717) is 12.5 Å². The Labute approximate surface area is 196 Å². The third-order valence-corrected chi connectivity index (χ3v) is 5.96. The summed E-state index contributed by atoms with van der Waals surface area (Å²) in [6.07, 6.45) is 3.23. The van der Waals surface area contributed by atoms with Crippen LogP contribution in [0.2, 0.25) is 0 Å². The zero-order valence-corrected chi connectivity index (χ0v) is 21.2. The van der Waals surface area contributed by atoms with Crippen molar-refractivity contribution in [2.45, 2.75) is 85.4 Å². The van der Waals surface area contributed by atoms with Crippen LogP contribution in [-0.2, 0) is 10.2 Å². The Morgan fingerprint density at radius 3 is 1.94 bits per heavy atom. The smallest absolute Gasteiger partial charge is 0.209 e. The zero-order chi connectivity index (χ0) is 23.6. The van der Waals surface area contributed by atoms with Crippen LogP contribution in [0, 0.1) is 0 Å². The fraction of sp³-hybridized carbons (Fsp3) is 0.467. The number of benzene rings is 3. The van der Waals surface area contributed by atoms with Crippen molar-refractivity contribution in [1.82, 2.24) is 0 Å². The van der Waals surface area contributed by atoms with Crippen LogP contribution >= 0.6 is 0 Å². The second-order valence-electron chi connectivity index (χ2n) is 8.98. The van der Waals surface area contributed by atoms with Crippen molar-refractivity contribution < 1.29 is 9.47 Å². The Morgan fingerprint density at radius 2 is 1.34 bits per heavy atom. The lowest BCUT2D eigenvalue weighted by Gasteiger charge is -2.34. The topological polar surface area (TPSA) is 18.5 Å². The molecule has 2 nitrogen and oxygen atoms in total. The van der Waals surface area contributed by atoms with Crippen LogP contribution in [0.15, 0.2) is 66.7 Å². The van der Waals surface area contributed by atoms with E-state index in [0.717, 1.165) is 5.75 Å². The average molecular weight is 435 g/mol. The van der Waals surface area contributed by atoms with Gasteiger partial charge in [0.25, 0.3) is 0 Å². The molecule has 3 aromatic carbocycles. The van der Waals surface area contributed by atoms with Crippen molar-refractivity contribution in [2.75, 3.05) is 6.61 Å². The first-order chi connectivity index (χ1) is 15.4. The molecule has 0 saturated heterocycles. The molecule has 0 fully saturated rings. The van der Waals surface area contributed by atoms with Crippen molar-refractivity contribution in [3.63, 3.8) is 0 Å². The average Bonchev–Trinajstić information content (AvgIpc) is 2.80. The van der Waals surface area contributed by atoms with E-state index in [9.17, 15) is 0 Å². The monoisotopic (exact) mass is 434 g/mol. The quantitative estimate of drug-likeness (QED) is 0.313. The van der Waals surface area contributed by atoms with Gasteiger partial charge in [0.15, 0.2) is 0 Å². The molecule has 2 heteroatoms. The van der Waals surface area contributed by atoms with Crippen molar-refractivity contribution in [1.29, 1.82) is 0 Å². The summed E-state index contributed by atoms with van der Waals surface area (Å²) < 4.78 is 12.4. The number of ether oxygens (including phenoxy) is 2. The second-order valence-corrected chi connectivity index (χ2v) is 8.98. The Balaban J connectivity index is 0.00000114. The molecule has 3 rings (SSSR count). The SMILES string of the molecule is CCC.CCOC(Oc1ccc2cc(C(CC)CC)ccc2c1)C(C)(C)c1ccccc1. The zero-order valence-electron chi connectivity index (χ0n) is 21.2. The minimum absolute atomic E-state index is 0.272. The molecule has 0 aliphatic heterocycles. The molecule has 3 aromatic rings. The first-order valence-electron chi connectivity index (χ1n) is 12.3. The lowest BCUT2D eigenvalue weighted by molar-refractivity contribution is -0.116. The van der Waals surface area contributed by atoms with E-state index in [2.05, 4.69) is 102 Å². The van der Waals surface area contributed by atoms with E-state index in [-0.39, 0.29) is 11.7 Å². The predicted molar refractivity (Wildman–Crippen MR) is 139 cm³/mol. The number of hydrogen-bond acceptors (Lipinski definition) is 2. The van der Waals surface area contributed by atoms with Gasteiger partial charge in [0.1, 0.15) is 5.75 Å². The number of hydrogen-bond donors (Lipinski definition) is 0. The van der Waals surface area contributed by atoms with Crippen LogP contribution in [-0.4, -0.2) is 12.9 Å². The van der Waals surface area contributed by atoms with Crippen LogP contribution in [0.25, 0.3) is 10.8 Å². The summed E-state index contributed by atoms with van der Waals surface area (Å²) in [5.41, 5.74) is 2.36. The van der Waals surface area contributed by atoms with Crippen molar-refractivity contribution in [3.05, 3.63) is 77.9 Å². The third-order valence-electron chi connectivity index (χ3n) is 5.96. The second kappa shape index (κ2) is 12.6. The highest BCUT2D eigenvalue weighted by atomic mass is 16.7. The number of fused-ring (bicyclic) bond motifs is 1. The summed E-state index contributed by atoms with van der Waals surface area (Å²) in [6.45, 7) is 15.7.